The van der Waals surface area contributed by atoms with E-state index in [-0.39, 0.29) is 11.5 Å². The van der Waals surface area contributed by atoms with Gasteiger partial charge in [-0.15, -0.1) is 0 Å². The maximum Gasteiger partial charge on any atom is 0.293 e. The Morgan fingerprint density at radius 1 is 0.970 bits per heavy atom. The summed E-state index contributed by atoms with van der Waals surface area (Å²) < 4.78 is 15.9. The van der Waals surface area contributed by atoms with Gasteiger partial charge in [-0.3, -0.25) is 4.79 Å². The van der Waals surface area contributed by atoms with E-state index in [1.165, 1.54) is 5.56 Å². The topological polar surface area (TPSA) is 97.3 Å². The predicted octanol–water partition coefficient (Wildman–Crippen LogP) is 3.04. The van der Waals surface area contributed by atoms with E-state index in [2.05, 4.69) is 10.1 Å². The third kappa shape index (κ3) is 10.4. The quantitative estimate of drug-likeness (QED) is 0.392. The third-order valence-corrected chi connectivity index (χ3v) is 5.02. The zero-order valence-corrected chi connectivity index (χ0v) is 19.8. The Hall–Kier alpha value is -2.45. The minimum Gasteiger partial charge on any atom is -0.494 e. The van der Waals surface area contributed by atoms with Crippen LogP contribution in [0.5, 0.6) is 5.75 Å². The molecule has 0 aliphatic carbocycles. The number of carbonyl (C=O) groups is 1. The number of carbonyl (C=O) groups excluding carboxylic acids is 1. The van der Waals surface area contributed by atoms with Crippen LogP contribution in [0.4, 0.5) is 0 Å². The molecule has 1 aliphatic heterocycles. The SMILES string of the molecule is CC(C)(C)OC=O.OC1CNCC(O)C1c1ccc(OCCCOCc2ccccc2)cc1. The number of ether oxygens (including phenoxy) is 3. The Morgan fingerprint density at radius 3 is 2.15 bits per heavy atom. The Labute approximate surface area is 196 Å². The number of rotatable bonds is 9. The fourth-order valence-electron chi connectivity index (χ4n) is 3.38. The average molecular weight is 460 g/mol. The summed E-state index contributed by atoms with van der Waals surface area (Å²) in [6.07, 6.45) is -0.333. The maximum absolute atomic E-state index is 10.1. The van der Waals surface area contributed by atoms with Crippen molar-refractivity contribution in [3.05, 3.63) is 65.7 Å². The van der Waals surface area contributed by atoms with Gasteiger partial charge < -0.3 is 29.7 Å². The predicted molar refractivity (Wildman–Crippen MR) is 127 cm³/mol. The van der Waals surface area contributed by atoms with Gasteiger partial charge in [-0.25, -0.2) is 0 Å². The monoisotopic (exact) mass is 459 g/mol. The van der Waals surface area contributed by atoms with Crippen LogP contribution in [0.3, 0.4) is 0 Å². The second kappa shape index (κ2) is 14.0. The molecule has 0 spiro atoms. The molecule has 0 radical (unpaired) electrons. The largest absolute Gasteiger partial charge is 0.494 e. The zero-order chi connectivity index (χ0) is 24.1. The second-order valence-corrected chi connectivity index (χ2v) is 8.95. The van der Waals surface area contributed by atoms with Crippen molar-refractivity contribution in [2.75, 3.05) is 26.3 Å². The lowest BCUT2D eigenvalue weighted by Gasteiger charge is -2.33. The Kier molecular flexibility index (Phi) is 11.3. The van der Waals surface area contributed by atoms with E-state index in [4.69, 9.17) is 9.47 Å². The van der Waals surface area contributed by atoms with Crippen LogP contribution in [0.2, 0.25) is 0 Å². The number of hydrogen-bond donors (Lipinski definition) is 3. The van der Waals surface area contributed by atoms with Gasteiger partial charge >= 0.3 is 0 Å². The number of aliphatic hydroxyl groups is 2. The summed E-state index contributed by atoms with van der Waals surface area (Å²) in [7, 11) is 0. The first-order valence-corrected chi connectivity index (χ1v) is 11.3. The van der Waals surface area contributed by atoms with E-state index in [9.17, 15) is 15.0 Å². The summed E-state index contributed by atoms with van der Waals surface area (Å²) in [6, 6.07) is 17.7. The number of hydrogen-bond acceptors (Lipinski definition) is 7. The molecule has 0 amide bonds. The molecule has 0 bridgehead atoms. The van der Waals surface area contributed by atoms with Crippen molar-refractivity contribution in [2.24, 2.45) is 0 Å². The summed E-state index contributed by atoms with van der Waals surface area (Å²) in [5.41, 5.74) is 1.79. The minimum atomic E-state index is -0.577. The molecule has 1 heterocycles. The summed E-state index contributed by atoms with van der Waals surface area (Å²) >= 11 is 0. The van der Waals surface area contributed by atoms with Gasteiger partial charge in [0.15, 0.2) is 0 Å². The van der Waals surface area contributed by atoms with Crippen LogP contribution in [0.25, 0.3) is 0 Å². The molecular weight excluding hydrogens is 422 g/mol. The highest BCUT2D eigenvalue weighted by molar-refractivity contribution is 5.37. The van der Waals surface area contributed by atoms with Gasteiger partial charge in [-0.2, -0.15) is 0 Å². The van der Waals surface area contributed by atoms with Crippen molar-refractivity contribution < 1.29 is 29.2 Å². The fraction of sp³-hybridized carbons (Fsp3) is 0.500. The van der Waals surface area contributed by atoms with Crippen LogP contribution >= 0.6 is 0 Å². The van der Waals surface area contributed by atoms with Gasteiger partial charge in [-0.05, 0) is 44.0 Å². The van der Waals surface area contributed by atoms with Gasteiger partial charge in [0.25, 0.3) is 6.47 Å². The molecule has 33 heavy (non-hydrogen) atoms. The molecule has 1 saturated heterocycles. The number of β-amino-alcohol motifs (C(OH)–C–C–N with tert-alkyl or cyclic N) is 2. The number of benzene rings is 2. The van der Waals surface area contributed by atoms with E-state index in [1.54, 1.807) is 0 Å². The smallest absolute Gasteiger partial charge is 0.293 e. The van der Waals surface area contributed by atoms with Crippen LogP contribution in [0, 0.1) is 0 Å². The minimum absolute atomic E-state index is 0.253. The lowest BCUT2D eigenvalue weighted by atomic mass is 9.86. The van der Waals surface area contributed by atoms with E-state index in [0.29, 0.717) is 39.4 Å². The molecular formula is C26H37NO6. The molecule has 7 nitrogen and oxygen atoms in total. The molecule has 7 heteroatoms. The molecule has 0 saturated carbocycles. The van der Waals surface area contributed by atoms with Crippen LogP contribution in [-0.2, 0) is 20.9 Å². The van der Waals surface area contributed by atoms with Crippen molar-refractivity contribution in [3.8, 4) is 5.75 Å². The fourth-order valence-corrected chi connectivity index (χ4v) is 3.38. The van der Waals surface area contributed by atoms with Crippen LogP contribution in [-0.4, -0.2) is 60.8 Å². The van der Waals surface area contributed by atoms with Gasteiger partial charge in [-0.1, -0.05) is 42.5 Å². The van der Waals surface area contributed by atoms with Gasteiger partial charge in [0, 0.05) is 25.4 Å². The first-order chi connectivity index (χ1) is 15.8. The van der Waals surface area contributed by atoms with Crippen molar-refractivity contribution >= 4 is 6.47 Å². The molecule has 3 rings (SSSR count). The number of piperidine rings is 1. The molecule has 1 fully saturated rings. The molecule has 2 unspecified atom stereocenters. The molecule has 2 aromatic rings. The number of nitrogens with one attached hydrogen (secondary N) is 1. The van der Waals surface area contributed by atoms with Crippen molar-refractivity contribution in [1.29, 1.82) is 0 Å². The van der Waals surface area contributed by atoms with Crippen molar-refractivity contribution in [2.45, 2.75) is 57.5 Å². The highest BCUT2D eigenvalue weighted by Gasteiger charge is 2.31. The van der Waals surface area contributed by atoms with Crippen molar-refractivity contribution in [1.82, 2.24) is 5.32 Å². The molecule has 0 aromatic heterocycles. The maximum atomic E-state index is 10.1. The van der Waals surface area contributed by atoms with E-state index in [1.807, 2.05) is 75.4 Å². The highest BCUT2D eigenvalue weighted by Crippen LogP contribution is 2.27. The standard InChI is InChI=1S/C21H27NO4.C5H10O2/c23-19-13-22-14-20(24)21(19)17-7-9-18(10-8-17)26-12-4-11-25-15-16-5-2-1-3-6-16;1-5(2,3)7-4-6/h1-3,5-10,19-24H,4,11-15H2;4H,1-3H3. The highest BCUT2D eigenvalue weighted by atomic mass is 16.5. The summed E-state index contributed by atoms with van der Waals surface area (Å²) in [4.78, 5) is 9.60. The molecule has 3 N–H and O–H groups in total. The summed E-state index contributed by atoms with van der Waals surface area (Å²) in [6.45, 7) is 8.79. The molecule has 2 atom stereocenters. The van der Waals surface area contributed by atoms with E-state index >= 15 is 0 Å². The normalized spacial score (nSPS) is 20.3. The van der Waals surface area contributed by atoms with Crippen LogP contribution in [0.1, 0.15) is 44.2 Å². The first kappa shape index (κ1) is 26.8. The van der Waals surface area contributed by atoms with Crippen LogP contribution < -0.4 is 10.1 Å². The zero-order valence-electron chi connectivity index (χ0n) is 19.8. The lowest BCUT2D eigenvalue weighted by molar-refractivity contribution is -0.138. The summed E-state index contributed by atoms with van der Waals surface area (Å²) in [5, 5.41) is 23.2. The van der Waals surface area contributed by atoms with E-state index in [0.717, 1.165) is 17.7 Å². The Morgan fingerprint density at radius 2 is 1.61 bits per heavy atom. The van der Waals surface area contributed by atoms with Crippen LogP contribution in [0.15, 0.2) is 54.6 Å². The second-order valence-electron chi connectivity index (χ2n) is 8.95. The first-order valence-electron chi connectivity index (χ1n) is 11.3. The summed E-state index contributed by atoms with van der Waals surface area (Å²) in [5.74, 6) is 0.534. The van der Waals surface area contributed by atoms with Gasteiger partial charge in [0.1, 0.15) is 11.4 Å². The van der Waals surface area contributed by atoms with E-state index < -0.39 is 12.2 Å². The van der Waals surface area contributed by atoms with Gasteiger partial charge in [0.05, 0.1) is 32.0 Å². The third-order valence-electron chi connectivity index (χ3n) is 5.02. The Bertz CT molecular complexity index is 781. The Balaban J connectivity index is 0.000000479. The molecule has 2 aromatic carbocycles. The number of aliphatic hydroxyl groups excluding tert-OH is 2. The molecule has 182 valence electrons. The van der Waals surface area contributed by atoms with Gasteiger partial charge in [0.2, 0.25) is 0 Å². The lowest BCUT2D eigenvalue weighted by Crippen LogP contribution is -2.48. The molecule has 1 aliphatic rings. The average Bonchev–Trinajstić information content (AvgIpc) is 2.77. The van der Waals surface area contributed by atoms with Crippen molar-refractivity contribution in [3.63, 3.8) is 0 Å².